The highest BCUT2D eigenvalue weighted by atomic mass is 31.2. The molecule has 0 aromatic rings. The van der Waals surface area contributed by atoms with Gasteiger partial charge in [0.05, 0.1) is 27.7 Å². The number of phosphoric acid groups is 1. The van der Waals surface area contributed by atoms with Crippen LogP contribution in [0.25, 0.3) is 0 Å². The van der Waals surface area contributed by atoms with Crippen molar-refractivity contribution in [3.63, 3.8) is 0 Å². The molecular formula is C44H82NO8P. The molecule has 0 bridgehead atoms. The van der Waals surface area contributed by atoms with Gasteiger partial charge < -0.3 is 27.9 Å². The number of allylic oxidation sites excluding steroid dienone is 6. The van der Waals surface area contributed by atoms with Gasteiger partial charge in [-0.2, -0.15) is 0 Å². The molecule has 0 N–H and O–H groups in total. The van der Waals surface area contributed by atoms with E-state index in [-0.39, 0.29) is 26.1 Å². The number of hydrogen-bond donors (Lipinski definition) is 0. The normalized spacial score (nSPS) is 14.0. The fourth-order valence-electron chi connectivity index (χ4n) is 5.72. The fraction of sp³-hybridized carbons (Fsp3) is 0.818. The van der Waals surface area contributed by atoms with Gasteiger partial charge in [0.2, 0.25) is 0 Å². The summed E-state index contributed by atoms with van der Waals surface area (Å²) in [7, 11) is 1.14. The lowest BCUT2D eigenvalue weighted by Gasteiger charge is -2.28. The number of ether oxygens (including phenoxy) is 2. The Labute approximate surface area is 331 Å². The van der Waals surface area contributed by atoms with Crippen molar-refractivity contribution >= 4 is 19.8 Å². The Hall–Kier alpha value is -1.77. The monoisotopic (exact) mass is 784 g/mol. The number of rotatable bonds is 39. The number of unbranched alkanes of at least 4 members (excludes halogenated alkanes) is 20. The van der Waals surface area contributed by atoms with E-state index in [9.17, 15) is 19.0 Å². The first-order valence-corrected chi connectivity index (χ1v) is 23.2. The predicted octanol–water partition coefficient (Wildman–Crippen LogP) is 11.5. The van der Waals surface area contributed by atoms with Crippen LogP contribution in [0.3, 0.4) is 0 Å². The van der Waals surface area contributed by atoms with Crippen LogP contribution >= 0.6 is 7.82 Å². The summed E-state index contributed by atoms with van der Waals surface area (Å²) in [4.78, 5) is 37.4. The second-order valence-corrected chi connectivity index (χ2v) is 17.1. The van der Waals surface area contributed by atoms with Crippen LogP contribution in [0.5, 0.6) is 0 Å². The summed E-state index contributed by atoms with van der Waals surface area (Å²) in [6.07, 6.45) is 40.4. The van der Waals surface area contributed by atoms with Gasteiger partial charge in [-0.15, -0.1) is 0 Å². The smallest absolute Gasteiger partial charge is 0.306 e. The van der Waals surface area contributed by atoms with Gasteiger partial charge in [0.1, 0.15) is 19.8 Å². The van der Waals surface area contributed by atoms with E-state index < -0.39 is 32.5 Å². The van der Waals surface area contributed by atoms with Gasteiger partial charge in [0.25, 0.3) is 7.82 Å². The van der Waals surface area contributed by atoms with E-state index in [1.54, 1.807) is 0 Å². The molecule has 0 fully saturated rings. The van der Waals surface area contributed by atoms with E-state index in [0.717, 1.165) is 51.4 Å². The number of esters is 2. The van der Waals surface area contributed by atoms with E-state index in [1.165, 1.54) is 89.9 Å². The van der Waals surface area contributed by atoms with E-state index in [0.29, 0.717) is 23.9 Å². The quantitative estimate of drug-likeness (QED) is 0.0151. The maximum Gasteiger partial charge on any atom is 0.306 e. The van der Waals surface area contributed by atoms with E-state index in [1.807, 2.05) is 27.2 Å². The van der Waals surface area contributed by atoms with Gasteiger partial charge in [0, 0.05) is 12.8 Å². The van der Waals surface area contributed by atoms with Gasteiger partial charge in [-0.1, -0.05) is 153 Å². The van der Waals surface area contributed by atoms with Crippen LogP contribution in [-0.4, -0.2) is 70.0 Å². The number of carbonyl (C=O) groups excluding carboxylic acids is 2. The Balaban J connectivity index is 4.44. The molecule has 0 spiro atoms. The van der Waals surface area contributed by atoms with Crippen LogP contribution in [0.4, 0.5) is 0 Å². The standard InChI is InChI=1S/C44H82NO8P/c1-6-8-10-12-14-16-18-20-22-24-26-28-30-32-34-36-43(46)50-40-42(41-52-54(48,49)51-39-38-45(3,4)5)53-44(47)37-35-33-31-29-27-25-23-21-19-17-15-13-11-9-7-2/h16,18,20,22,31,33,42H,6-15,17,19,21,23-30,32,34-41H2,1-5H3/b18-16+,22-20+,33-31+/t42-/m1/s1. The molecule has 316 valence electrons. The second-order valence-electron chi connectivity index (χ2n) is 15.7. The molecule has 1 unspecified atom stereocenters. The number of likely N-dealkylation sites (N-methyl/N-ethyl adjacent to an activating group) is 1. The molecule has 10 heteroatoms. The molecule has 0 aliphatic heterocycles. The highest BCUT2D eigenvalue weighted by molar-refractivity contribution is 7.45. The van der Waals surface area contributed by atoms with Crippen molar-refractivity contribution in [2.24, 2.45) is 0 Å². The number of quaternary nitrogens is 1. The molecule has 0 aliphatic rings. The van der Waals surface area contributed by atoms with Crippen molar-refractivity contribution in [2.45, 2.75) is 187 Å². The van der Waals surface area contributed by atoms with E-state index in [4.69, 9.17) is 18.5 Å². The lowest BCUT2D eigenvalue weighted by Crippen LogP contribution is -2.37. The maximum atomic E-state index is 12.6. The molecule has 54 heavy (non-hydrogen) atoms. The summed E-state index contributed by atoms with van der Waals surface area (Å²) in [5.41, 5.74) is 0. The zero-order chi connectivity index (χ0) is 40.0. The molecule has 0 saturated heterocycles. The molecule has 0 amide bonds. The zero-order valence-electron chi connectivity index (χ0n) is 35.4. The fourth-order valence-corrected chi connectivity index (χ4v) is 6.45. The molecule has 0 aromatic heterocycles. The Morgan fingerprint density at radius 3 is 1.57 bits per heavy atom. The van der Waals surface area contributed by atoms with Crippen LogP contribution in [-0.2, 0) is 32.7 Å². The first-order chi connectivity index (χ1) is 26.0. The highest BCUT2D eigenvalue weighted by Crippen LogP contribution is 2.38. The number of hydrogen-bond acceptors (Lipinski definition) is 8. The van der Waals surface area contributed by atoms with Crippen molar-refractivity contribution in [1.82, 2.24) is 0 Å². The van der Waals surface area contributed by atoms with Gasteiger partial charge in [-0.25, -0.2) is 0 Å². The lowest BCUT2D eigenvalue weighted by atomic mass is 10.1. The van der Waals surface area contributed by atoms with E-state index in [2.05, 4.69) is 44.2 Å². The van der Waals surface area contributed by atoms with Crippen LogP contribution in [0.1, 0.15) is 181 Å². The topological polar surface area (TPSA) is 111 Å². The molecule has 0 rings (SSSR count). The molecule has 0 aromatic carbocycles. The minimum absolute atomic E-state index is 0.0391. The van der Waals surface area contributed by atoms with Gasteiger partial charge >= 0.3 is 11.9 Å². The minimum Gasteiger partial charge on any atom is -0.756 e. The summed E-state index contributed by atoms with van der Waals surface area (Å²) in [5.74, 6) is -0.908. The molecule has 0 heterocycles. The largest absolute Gasteiger partial charge is 0.756 e. The molecule has 0 saturated carbocycles. The highest BCUT2D eigenvalue weighted by Gasteiger charge is 2.21. The average Bonchev–Trinajstić information content (AvgIpc) is 3.12. The second kappa shape index (κ2) is 36.8. The number of nitrogens with zero attached hydrogens (tertiary/aromatic N) is 1. The SMILES string of the molecule is CCCCCC/C=C/C=C/CCCCCCCC(=O)OC[C@H](COP(=O)([O-])OCC[N+](C)(C)C)OC(=O)CC/C=C/CCCCCCCCCCCCC. The number of phosphoric ester groups is 1. The number of carbonyl (C=O) groups is 2. The summed E-state index contributed by atoms with van der Waals surface area (Å²) in [6, 6.07) is 0. The van der Waals surface area contributed by atoms with Gasteiger partial charge in [-0.05, 0) is 51.4 Å². The molecule has 9 nitrogen and oxygen atoms in total. The van der Waals surface area contributed by atoms with Crippen molar-refractivity contribution < 1.29 is 42.1 Å². The molecule has 0 aliphatic carbocycles. The molecule has 0 radical (unpaired) electrons. The summed E-state index contributed by atoms with van der Waals surface area (Å²) in [6.45, 7) is 4.14. The van der Waals surface area contributed by atoms with Crippen LogP contribution < -0.4 is 4.89 Å². The van der Waals surface area contributed by atoms with Gasteiger partial charge in [0.15, 0.2) is 6.10 Å². The average molecular weight is 784 g/mol. The third kappa shape index (κ3) is 39.9. The molecule has 2 atom stereocenters. The Kier molecular flexibility index (Phi) is 35.6. The van der Waals surface area contributed by atoms with Crippen LogP contribution in [0.15, 0.2) is 36.5 Å². The van der Waals surface area contributed by atoms with E-state index >= 15 is 0 Å². The third-order valence-corrected chi connectivity index (χ3v) is 10.1. The summed E-state index contributed by atoms with van der Waals surface area (Å²) in [5, 5.41) is 0. The van der Waals surface area contributed by atoms with Gasteiger partial charge in [-0.3, -0.25) is 14.2 Å². The summed E-state index contributed by atoms with van der Waals surface area (Å²) < 4.78 is 33.8. The van der Waals surface area contributed by atoms with Crippen LogP contribution in [0.2, 0.25) is 0 Å². The third-order valence-electron chi connectivity index (χ3n) is 9.17. The van der Waals surface area contributed by atoms with Crippen molar-refractivity contribution in [3.05, 3.63) is 36.5 Å². The Bertz CT molecular complexity index is 1020. The van der Waals surface area contributed by atoms with Crippen molar-refractivity contribution in [3.8, 4) is 0 Å². The maximum absolute atomic E-state index is 12.6. The lowest BCUT2D eigenvalue weighted by molar-refractivity contribution is -0.870. The first kappa shape index (κ1) is 52.2. The Morgan fingerprint density at radius 2 is 1.04 bits per heavy atom. The van der Waals surface area contributed by atoms with Crippen molar-refractivity contribution in [1.29, 1.82) is 0 Å². The Morgan fingerprint density at radius 1 is 0.574 bits per heavy atom. The summed E-state index contributed by atoms with van der Waals surface area (Å²) >= 11 is 0. The van der Waals surface area contributed by atoms with Crippen molar-refractivity contribution in [2.75, 3.05) is 47.5 Å². The minimum atomic E-state index is -4.63. The predicted molar refractivity (Wildman–Crippen MR) is 222 cm³/mol. The molecular weight excluding hydrogens is 701 g/mol. The van der Waals surface area contributed by atoms with Crippen LogP contribution in [0, 0.1) is 0 Å². The first-order valence-electron chi connectivity index (χ1n) is 21.7. The zero-order valence-corrected chi connectivity index (χ0v) is 36.3.